The van der Waals surface area contributed by atoms with Crippen LogP contribution >= 0.6 is 24.0 Å². The summed E-state index contributed by atoms with van der Waals surface area (Å²) < 4.78 is 51.4. The Morgan fingerprint density at radius 1 is 1.19 bits per heavy atom. The largest absolute Gasteiger partial charge is 0.497 e. The molecule has 1 aromatic rings. The smallest absolute Gasteiger partial charge is 0.411 e. The number of alkyl halides is 3. The molecule has 1 fully saturated rings. The summed E-state index contributed by atoms with van der Waals surface area (Å²) in [6, 6.07) is 6.10. The van der Waals surface area contributed by atoms with Crippen LogP contribution in [0.15, 0.2) is 23.2 Å². The molecule has 0 spiro atoms. The molecule has 1 saturated heterocycles. The molecule has 0 aromatic heterocycles. The molecular weight excluding hydrogens is 528 g/mol. The van der Waals surface area contributed by atoms with Crippen LogP contribution in [0.3, 0.4) is 0 Å². The average molecular weight is 560 g/mol. The minimum absolute atomic E-state index is 0. The summed E-state index contributed by atoms with van der Waals surface area (Å²) in [7, 11) is 4.94. The lowest BCUT2D eigenvalue weighted by Crippen LogP contribution is -2.45. The molecule has 0 radical (unpaired) electrons. The van der Waals surface area contributed by atoms with Gasteiger partial charge in [0.25, 0.3) is 0 Å². The zero-order valence-electron chi connectivity index (χ0n) is 18.1. The van der Waals surface area contributed by atoms with Crippen molar-refractivity contribution in [1.29, 1.82) is 0 Å². The predicted octanol–water partition coefficient (Wildman–Crippen LogP) is 3.03. The highest BCUT2D eigenvalue weighted by atomic mass is 127. The number of guanidine groups is 1. The van der Waals surface area contributed by atoms with Gasteiger partial charge in [0, 0.05) is 51.9 Å². The molecule has 1 atom stereocenters. The number of rotatable bonds is 10. The summed E-state index contributed by atoms with van der Waals surface area (Å²) in [5.41, 5.74) is 1.12. The number of benzene rings is 1. The van der Waals surface area contributed by atoms with E-state index in [0.717, 1.165) is 43.1 Å². The van der Waals surface area contributed by atoms with E-state index in [9.17, 15) is 13.2 Å². The van der Waals surface area contributed by atoms with Gasteiger partial charge < -0.3 is 24.8 Å². The number of hydrogen-bond acceptors (Lipinski definition) is 5. The molecule has 178 valence electrons. The summed E-state index contributed by atoms with van der Waals surface area (Å²) in [5, 5.41) is 6.48. The SMILES string of the molecule is CN=C(NCCCOCC(F)(F)F)NC1CCN(Cc2cc(OC)cc(OC)c2)C1.I. The highest BCUT2D eigenvalue weighted by Crippen LogP contribution is 2.24. The van der Waals surface area contributed by atoms with Crippen molar-refractivity contribution in [3.05, 3.63) is 23.8 Å². The molecule has 31 heavy (non-hydrogen) atoms. The molecule has 2 N–H and O–H groups in total. The van der Waals surface area contributed by atoms with Crippen LogP contribution in [0.2, 0.25) is 0 Å². The van der Waals surface area contributed by atoms with Crippen molar-refractivity contribution in [2.24, 2.45) is 4.99 Å². The minimum atomic E-state index is -4.28. The van der Waals surface area contributed by atoms with Gasteiger partial charge in [-0.25, -0.2) is 0 Å². The van der Waals surface area contributed by atoms with Crippen molar-refractivity contribution in [3.8, 4) is 11.5 Å². The number of methoxy groups -OCH3 is 2. The first-order chi connectivity index (χ1) is 14.3. The summed E-state index contributed by atoms with van der Waals surface area (Å²) in [4.78, 5) is 6.52. The Labute approximate surface area is 198 Å². The molecule has 0 bridgehead atoms. The first-order valence-electron chi connectivity index (χ1n) is 9.89. The molecule has 1 aliphatic rings. The van der Waals surface area contributed by atoms with Gasteiger partial charge in [-0.05, 0) is 30.5 Å². The molecule has 0 aliphatic carbocycles. The summed E-state index contributed by atoms with van der Waals surface area (Å²) in [5.74, 6) is 2.17. The van der Waals surface area contributed by atoms with Gasteiger partial charge in [0.05, 0.1) is 14.2 Å². The van der Waals surface area contributed by atoms with Gasteiger partial charge >= 0.3 is 6.18 Å². The normalized spacial score (nSPS) is 17.2. The number of aliphatic imine (C=N–C) groups is 1. The molecule has 1 aromatic carbocycles. The van der Waals surface area contributed by atoms with Crippen molar-refractivity contribution >= 4 is 29.9 Å². The third-order valence-corrected chi connectivity index (χ3v) is 4.68. The van der Waals surface area contributed by atoms with Crippen LogP contribution in [0.1, 0.15) is 18.4 Å². The second-order valence-electron chi connectivity index (χ2n) is 7.11. The Bertz CT molecular complexity index is 670. The Kier molecular flexibility index (Phi) is 12.3. The van der Waals surface area contributed by atoms with E-state index in [4.69, 9.17) is 9.47 Å². The third kappa shape index (κ3) is 10.6. The fourth-order valence-electron chi connectivity index (χ4n) is 3.27. The van der Waals surface area contributed by atoms with Gasteiger partial charge in [-0.15, -0.1) is 24.0 Å². The van der Waals surface area contributed by atoms with Gasteiger partial charge in [-0.3, -0.25) is 9.89 Å². The molecule has 1 heterocycles. The topological polar surface area (TPSA) is 67.4 Å². The first-order valence-corrected chi connectivity index (χ1v) is 9.89. The number of nitrogens with one attached hydrogen (secondary N) is 2. The molecular formula is C20H32F3IN4O3. The second-order valence-corrected chi connectivity index (χ2v) is 7.11. The van der Waals surface area contributed by atoms with Crippen molar-refractivity contribution in [1.82, 2.24) is 15.5 Å². The number of ether oxygens (including phenoxy) is 3. The standard InChI is InChI=1S/C20H31F3N4O3.HI/c1-24-19(25-6-4-8-30-14-20(21,22)23)26-16-5-7-27(13-16)12-15-9-17(28-2)11-18(10-15)29-3;/h9-11,16H,4-8,12-14H2,1-3H3,(H2,24,25,26);1H. The highest BCUT2D eigenvalue weighted by molar-refractivity contribution is 14.0. The second kappa shape index (κ2) is 13.8. The molecule has 0 saturated carbocycles. The highest BCUT2D eigenvalue weighted by Gasteiger charge is 2.27. The van der Waals surface area contributed by atoms with E-state index < -0.39 is 12.8 Å². The van der Waals surface area contributed by atoms with Crippen LogP contribution in [0.25, 0.3) is 0 Å². The van der Waals surface area contributed by atoms with Crippen LogP contribution in [-0.2, 0) is 11.3 Å². The maximum atomic E-state index is 12.0. The Morgan fingerprint density at radius 3 is 2.45 bits per heavy atom. The first kappa shape index (κ1) is 27.6. The average Bonchev–Trinajstić information content (AvgIpc) is 3.15. The van der Waals surface area contributed by atoms with Gasteiger partial charge in [-0.2, -0.15) is 13.2 Å². The van der Waals surface area contributed by atoms with E-state index in [-0.39, 0.29) is 36.6 Å². The van der Waals surface area contributed by atoms with Crippen LogP contribution in [-0.4, -0.2) is 77.2 Å². The maximum Gasteiger partial charge on any atom is 0.411 e. The monoisotopic (exact) mass is 560 g/mol. The van der Waals surface area contributed by atoms with Gasteiger partial charge in [-0.1, -0.05) is 0 Å². The van der Waals surface area contributed by atoms with Gasteiger partial charge in [0.2, 0.25) is 0 Å². The molecule has 1 unspecified atom stereocenters. The number of likely N-dealkylation sites (tertiary alicyclic amines) is 1. The molecule has 1 aliphatic heterocycles. The quantitative estimate of drug-likeness (QED) is 0.199. The third-order valence-electron chi connectivity index (χ3n) is 4.68. The summed E-state index contributed by atoms with van der Waals surface area (Å²) in [6.45, 7) is 1.90. The fraction of sp³-hybridized carbons (Fsp3) is 0.650. The van der Waals surface area contributed by atoms with Crippen LogP contribution in [0.4, 0.5) is 13.2 Å². The Hall–Kier alpha value is -1.47. The number of nitrogens with zero attached hydrogens (tertiary/aromatic N) is 2. The van der Waals surface area contributed by atoms with Crippen LogP contribution in [0.5, 0.6) is 11.5 Å². The van der Waals surface area contributed by atoms with E-state index >= 15 is 0 Å². The van der Waals surface area contributed by atoms with Gasteiger partial charge in [0.1, 0.15) is 18.1 Å². The molecule has 11 heteroatoms. The molecule has 2 rings (SSSR count). The lowest BCUT2D eigenvalue weighted by molar-refractivity contribution is -0.173. The zero-order chi connectivity index (χ0) is 22.0. The Balaban J connectivity index is 0.00000480. The maximum absolute atomic E-state index is 12.0. The van der Waals surface area contributed by atoms with Crippen molar-refractivity contribution < 1.29 is 27.4 Å². The fourth-order valence-corrected chi connectivity index (χ4v) is 3.27. The lowest BCUT2D eigenvalue weighted by atomic mass is 10.2. The number of halogens is 4. The van der Waals surface area contributed by atoms with E-state index in [1.54, 1.807) is 21.3 Å². The predicted molar refractivity (Wildman–Crippen MR) is 125 cm³/mol. The lowest BCUT2D eigenvalue weighted by Gasteiger charge is -2.19. The van der Waals surface area contributed by atoms with E-state index in [2.05, 4.69) is 25.3 Å². The van der Waals surface area contributed by atoms with Crippen LogP contribution < -0.4 is 20.1 Å². The van der Waals surface area contributed by atoms with Crippen LogP contribution in [0, 0.1) is 0 Å². The Morgan fingerprint density at radius 2 is 1.87 bits per heavy atom. The number of hydrogen-bond donors (Lipinski definition) is 2. The van der Waals surface area contributed by atoms with E-state index in [1.165, 1.54) is 0 Å². The van der Waals surface area contributed by atoms with Gasteiger partial charge in [0.15, 0.2) is 5.96 Å². The van der Waals surface area contributed by atoms with E-state index in [1.807, 2.05) is 18.2 Å². The summed E-state index contributed by atoms with van der Waals surface area (Å²) in [6.07, 6.45) is -2.85. The van der Waals surface area contributed by atoms with E-state index in [0.29, 0.717) is 18.9 Å². The molecule has 7 nitrogen and oxygen atoms in total. The molecule has 0 amide bonds. The van der Waals surface area contributed by atoms with Crippen molar-refractivity contribution in [3.63, 3.8) is 0 Å². The minimum Gasteiger partial charge on any atom is -0.497 e. The summed E-state index contributed by atoms with van der Waals surface area (Å²) >= 11 is 0. The van der Waals surface area contributed by atoms with Crippen molar-refractivity contribution in [2.45, 2.75) is 31.6 Å². The van der Waals surface area contributed by atoms with Crippen molar-refractivity contribution in [2.75, 3.05) is 54.1 Å². The zero-order valence-corrected chi connectivity index (χ0v) is 20.5.